The molecule has 1 amide bonds. The number of amidine groups is 1. The molecule has 0 saturated carbocycles. The number of anilines is 1. The fourth-order valence-corrected chi connectivity index (χ4v) is 1.54. The first-order valence-electron chi connectivity index (χ1n) is 5.37. The summed E-state index contributed by atoms with van der Waals surface area (Å²) in [7, 11) is 0. The van der Waals surface area contributed by atoms with Crippen molar-refractivity contribution in [1.82, 2.24) is 10.2 Å². The van der Waals surface area contributed by atoms with E-state index >= 15 is 0 Å². The summed E-state index contributed by atoms with van der Waals surface area (Å²) in [4.78, 5) is 12.0. The lowest BCUT2D eigenvalue weighted by molar-refractivity contribution is 0.102. The molecule has 0 radical (unpaired) electrons. The molecule has 104 valence electrons. The third-order valence-electron chi connectivity index (χ3n) is 2.43. The molecule has 2 aromatic rings. The summed E-state index contributed by atoms with van der Waals surface area (Å²) in [6, 6.07) is 3.44. The number of benzene rings is 1. The number of carbonyl (C=O) groups is 1. The molecular weight excluding hydrogens is 266 g/mol. The van der Waals surface area contributed by atoms with Gasteiger partial charge in [0.25, 0.3) is 5.91 Å². The molecule has 0 fully saturated rings. The Morgan fingerprint density at radius 2 is 1.95 bits per heavy atom. The minimum atomic E-state index is -0.618. The highest BCUT2D eigenvalue weighted by molar-refractivity contribution is 6.09. The molecule has 20 heavy (non-hydrogen) atoms. The molecule has 2 rings (SSSR count). The summed E-state index contributed by atoms with van der Waals surface area (Å²) in [6.45, 7) is 0. The first-order valence-corrected chi connectivity index (χ1v) is 5.37. The molecule has 7 N–H and O–H groups in total. The first kappa shape index (κ1) is 13.2. The predicted octanol–water partition coefficient (Wildman–Crippen LogP) is 0.168. The number of nitrogens with one attached hydrogen (secondary N) is 2. The summed E-state index contributed by atoms with van der Waals surface area (Å²) >= 11 is 0. The lowest BCUT2D eigenvalue weighted by atomic mass is 10.2. The van der Waals surface area contributed by atoms with Crippen molar-refractivity contribution >= 4 is 17.6 Å². The fourth-order valence-electron chi connectivity index (χ4n) is 1.54. The van der Waals surface area contributed by atoms with Gasteiger partial charge in [-0.25, -0.2) is 0 Å². The van der Waals surface area contributed by atoms with Gasteiger partial charge >= 0.3 is 0 Å². The van der Waals surface area contributed by atoms with Gasteiger partial charge in [-0.1, -0.05) is 5.16 Å². The number of hydrogen-bond donors (Lipinski definition) is 6. The number of rotatable bonds is 3. The first-order chi connectivity index (χ1) is 9.51. The van der Waals surface area contributed by atoms with Gasteiger partial charge in [-0.15, -0.1) is 0 Å². The average Bonchev–Trinajstić information content (AvgIpc) is 2.84. The zero-order chi connectivity index (χ0) is 14.7. The van der Waals surface area contributed by atoms with Crippen LogP contribution in [0.4, 0.5) is 5.82 Å². The molecule has 0 aliphatic heterocycles. The van der Waals surface area contributed by atoms with E-state index in [1.165, 1.54) is 18.3 Å². The number of amides is 1. The molecule has 0 bridgehead atoms. The van der Waals surface area contributed by atoms with Crippen LogP contribution in [0.25, 0.3) is 0 Å². The van der Waals surface area contributed by atoms with Gasteiger partial charge in [0.1, 0.15) is 17.3 Å². The van der Waals surface area contributed by atoms with Crippen molar-refractivity contribution in [2.75, 3.05) is 5.32 Å². The van der Waals surface area contributed by atoms with Gasteiger partial charge in [-0.05, 0) is 12.1 Å². The Hall–Kier alpha value is -3.23. The standard InChI is InChI=1S/C11H11N5O4/c12-9(16-20)8-4-13-15-10(8)14-11(19)5-1-6(17)3-7(18)2-5/h1-4,17-18,20H,(H2,12,16)(H2,13,14,15,19). The molecule has 0 spiro atoms. The average molecular weight is 277 g/mol. The highest BCUT2D eigenvalue weighted by Gasteiger charge is 2.14. The highest BCUT2D eigenvalue weighted by atomic mass is 16.4. The highest BCUT2D eigenvalue weighted by Crippen LogP contribution is 2.21. The number of aromatic amines is 1. The number of phenolic OH excluding ortho intramolecular Hbond substituents is 2. The van der Waals surface area contributed by atoms with Crippen molar-refractivity contribution in [3.8, 4) is 11.5 Å². The number of aromatic hydroxyl groups is 2. The van der Waals surface area contributed by atoms with E-state index in [1.807, 2.05) is 0 Å². The second-order valence-corrected chi connectivity index (χ2v) is 3.84. The Kier molecular flexibility index (Phi) is 3.42. The van der Waals surface area contributed by atoms with Gasteiger partial charge in [0, 0.05) is 11.6 Å². The zero-order valence-corrected chi connectivity index (χ0v) is 10.0. The van der Waals surface area contributed by atoms with Gasteiger partial charge in [0.2, 0.25) is 0 Å². The van der Waals surface area contributed by atoms with E-state index in [0.29, 0.717) is 0 Å². The molecule has 1 heterocycles. The van der Waals surface area contributed by atoms with E-state index < -0.39 is 5.91 Å². The second kappa shape index (κ2) is 5.18. The van der Waals surface area contributed by atoms with Crippen molar-refractivity contribution in [3.05, 3.63) is 35.5 Å². The summed E-state index contributed by atoms with van der Waals surface area (Å²) in [5.41, 5.74) is 5.64. The molecular formula is C11H11N5O4. The fraction of sp³-hybridized carbons (Fsp3) is 0. The molecule has 1 aromatic heterocycles. The minimum Gasteiger partial charge on any atom is -0.508 e. The van der Waals surface area contributed by atoms with Gasteiger partial charge in [-0.3, -0.25) is 9.89 Å². The Morgan fingerprint density at radius 3 is 2.55 bits per heavy atom. The van der Waals surface area contributed by atoms with Crippen molar-refractivity contribution in [2.45, 2.75) is 0 Å². The minimum absolute atomic E-state index is 0.0301. The number of hydrogen-bond acceptors (Lipinski definition) is 6. The maximum Gasteiger partial charge on any atom is 0.257 e. The van der Waals surface area contributed by atoms with Gasteiger partial charge < -0.3 is 26.5 Å². The molecule has 0 saturated heterocycles. The van der Waals surface area contributed by atoms with Crippen LogP contribution in [0.2, 0.25) is 0 Å². The monoisotopic (exact) mass is 277 g/mol. The van der Waals surface area contributed by atoms with Crippen LogP contribution in [-0.4, -0.2) is 37.4 Å². The number of carbonyl (C=O) groups excluding carboxylic acids is 1. The van der Waals surface area contributed by atoms with Crippen molar-refractivity contribution < 1.29 is 20.2 Å². The smallest absolute Gasteiger partial charge is 0.257 e. The SMILES string of the molecule is N/C(=N/O)c1cn[nH]c1NC(=O)c1cc(O)cc(O)c1. The number of nitrogens with zero attached hydrogens (tertiary/aromatic N) is 2. The maximum absolute atomic E-state index is 12.0. The van der Waals surface area contributed by atoms with Crippen LogP contribution in [-0.2, 0) is 0 Å². The van der Waals surface area contributed by atoms with Gasteiger partial charge in [0.05, 0.1) is 11.8 Å². The summed E-state index contributed by atoms with van der Waals surface area (Å²) in [6.07, 6.45) is 1.27. The van der Waals surface area contributed by atoms with Crippen molar-refractivity contribution in [2.24, 2.45) is 10.9 Å². The number of oxime groups is 1. The molecule has 0 unspecified atom stereocenters. The third kappa shape index (κ3) is 2.61. The van der Waals surface area contributed by atoms with Crippen LogP contribution in [0.3, 0.4) is 0 Å². The van der Waals surface area contributed by atoms with Crippen LogP contribution < -0.4 is 11.1 Å². The Labute approximate surface area is 112 Å². The number of H-pyrrole nitrogens is 1. The van der Waals surface area contributed by atoms with E-state index in [0.717, 1.165) is 6.07 Å². The van der Waals surface area contributed by atoms with E-state index in [4.69, 9.17) is 10.9 Å². The summed E-state index contributed by atoms with van der Waals surface area (Å²) < 4.78 is 0. The quantitative estimate of drug-likeness (QED) is 0.203. The lowest BCUT2D eigenvalue weighted by Gasteiger charge is -2.06. The number of phenols is 2. The van der Waals surface area contributed by atoms with Crippen molar-refractivity contribution in [1.29, 1.82) is 0 Å². The predicted molar refractivity (Wildman–Crippen MR) is 68.8 cm³/mol. The Bertz CT molecular complexity index is 659. The Morgan fingerprint density at radius 1 is 1.30 bits per heavy atom. The van der Waals surface area contributed by atoms with Crippen LogP contribution in [0.1, 0.15) is 15.9 Å². The van der Waals surface area contributed by atoms with Crippen LogP contribution in [0.15, 0.2) is 29.6 Å². The summed E-state index contributed by atoms with van der Waals surface area (Å²) in [5, 5.41) is 38.6. The van der Waals surface area contributed by atoms with Gasteiger partial charge in [0.15, 0.2) is 5.84 Å². The zero-order valence-electron chi connectivity index (χ0n) is 10.0. The topological polar surface area (TPSA) is 157 Å². The molecule has 1 aromatic carbocycles. The van der Waals surface area contributed by atoms with Gasteiger partial charge in [-0.2, -0.15) is 5.10 Å². The van der Waals surface area contributed by atoms with Crippen molar-refractivity contribution in [3.63, 3.8) is 0 Å². The largest absolute Gasteiger partial charge is 0.508 e. The van der Waals surface area contributed by atoms with E-state index in [2.05, 4.69) is 20.7 Å². The van der Waals surface area contributed by atoms with E-state index in [-0.39, 0.29) is 34.3 Å². The second-order valence-electron chi connectivity index (χ2n) is 3.84. The maximum atomic E-state index is 12.0. The van der Waals surface area contributed by atoms with Crippen LogP contribution >= 0.6 is 0 Å². The van der Waals surface area contributed by atoms with Crippen LogP contribution in [0.5, 0.6) is 11.5 Å². The van der Waals surface area contributed by atoms with E-state index in [9.17, 15) is 15.0 Å². The molecule has 9 nitrogen and oxygen atoms in total. The lowest BCUT2D eigenvalue weighted by Crippen LogP contribution is -2.18. The molecule has 0 aliphatic carbocycles. The normalized spacial score (nSPS) is 11.3. The molecule has 0 atom stereocenters. The third-order valence-corrected chi connectivity index (χ3v) is 2.43. The van der Waals surface area contributed by atoms with E-state index in [1.54, 1.807) is 0 Å². The molecule has 9 heteroatoms. The van der Waals surface area contributed by atoms with Crippen LogP contribution in [0, 0.1) is 0 Å². The number of aromatic nitrogens is 2. The summed E-state index contributed by atoms with van der Waals surface area (Å²) in [5.74, 6) is -1.23. The Balaban J connectivity index is 2.26. The number of nitrogens with two attached hydrogens (primary N) is 1. The molecule has 0 aliphatic rings.